The first kappa shape index (κ1) is 20.7. The molecule has 0 saturated heterocycles. The van der Waals surface area contributed by atoms with Gasteiger partial charge in [0.1, 0.15) is 11.6 Å². The van der Waals surface area contributed by atoms with Crippen LogP contribution >= 0.6 is 0 Å². The molecule has 0 bridgehead atoms. The number of nitriles is 1. The van der Waals surface area contributed by atoms with Crippen molar-refractivity contribution in [3.05, 3.63) is 41.6 Å². The number of nitrogens with zero attached hydrogens (tertiary/aromatic N) is 1. The van der Waals surface area contributed by atoms with Gasteiger partial charge >= 0.3 is 0 Å². The summed E-state index contributed by atoms with van der Waals surface area (Å²) in [5, 5.41) is 14.8. The smallest absolute Gasteiger partial charge is 0.267 e. The van der Waals surface area contributed by atoms with Gasteiger partial charge < -0.3 is 20.1 Å². The standard InChI is InChI=1S/C19H27N3O3/c1-5-24-18(25-6-2)13-21-12-16(11-20)19(23)22-17-9-7-15(8-10-17)14(3)4/h7-10,12,14,18,21H,5-6,13H2,1-4H3,(H,22,23)/b16-12-. The molecule has 6 heteroatoms. The van der Waals surface area contributed by atoms with E-state index in [-0.39, 0.29) is 5.57 Å². The number of hydrogen-bond acceptors (Lipinski definition) is 5. The molecule has 6 nitrogen and oxygen atoms in total. The molecule has 0 spiro atoms. The third kappa shape index (κ3) is 7.38. The first-order valence-electron chi connectivity index (χ1n) is 8.49. The second-order valence-corrected chi connectivity index (χ2v) is 5.65. The van der Waals surface area contributed by atoms with E-state index in [1.165, 1.54) is 11.8 Å². The zero-order valence-electron chi connectivity index (χ0n) is 15.3. The van der Waals surface area contributed by atoms with Gasteiger partial charge in [0, 0.05) is 25.1 Å². The number of carbonyl (C=O) groups excluding carboxylic acids is 1. The minimum Gasteiger partial charge on any atom is -0.385 e. The lowest BCUT2D eigenvalue weighted by molar-refractivity contribution is -0.131. The monoisotopic (exact) mass is 345 g/mol. The van der Waals surface area contributed by atoms with E-state index in [1.54, 1.807) is 0 Å². The molecule has 0 unspecified atom stereocenters. The van der Waals surface area contributed by atoms with Crippen molar-refractivity contribution >= 4 is 11.6 Å². The number of anilines is 1. The zero-order chi connectivity index (χ0) is 18.7. The van der Waals surface area contributed by atoms with Crippen molar-refractivity contribution < 1.29 is 14.3 Å². The van der Waals surface area contributed by atoms with Crippen LogP contribution in [0.4, 0.5) is 5.69 Å². The van der Waals surface area contributed by atoms with Crippen LogP contribution in [0.3, 0.4) is 0 Å². The van der Waals surface area contributed by atoms with Gasteiger partial charge in [-0.25, -0.2) is 0 Å². The maximum atomic E-state index is 12.2. The first-order valence-corrected chi connectivity index (χ1v) is 8.49. The summed E-state index contributed by atoms with van der Waals surface area (Å²) in [5.74, 6) is -0.0381. The number of amides is 1. The van der Waals surface area contributed by atoms with E-state index >= 15 is 0 Å². The van der Waals surface area contributed by atoms with Crippen LogP contribution in [0.25, 0.3) is 0 Å². The van der Waals surface area contributed by atoms with Crippen LogP contribution in [0.5, 0.6) is 0 Å². The normalized spacial score (nSPS) is 11.5. The zero-order valence-corrected chi connectivity index (χ0v) is 15.3. The Kier molecular flexibility index (Phi) is 9.30. The van der Waals surface area contributed by atoms with Gasteiger partial charge in [0.25, 0.3) is 5.91 Å². The number of rotatable bonds is 10. The molecule has 1 aromatic carbocycles. The fourth-order valence-electron chi connectivity index (χ4n) is 2.09. The molecule has 0 aromatic heterocycles. The van der Waals surface area contributed by atoms with Gasteiger partial charge in [-0.2, -0.15) is 5.26 Å². The molecular weight excluding hydrogens is 318 g/mol. The second kappa shape index (κ2) is 11.2. The topological polar surface area (TPSA) is 83.4 Å². The van der Waals surface area contributed by atoms with Gasteiger partial charge in [0.2, 0.25) is 0 Å². The highest BCUT2D eigenvalue weighted by Gasteiger charge is 2.11. The molecule has 0 aliphatic heterocycles. The molecule has 0 aliphatic rings. The Morgan fingerprint density at radius 3 is 2.28 bits per heavy atom. The van der Waals surface area contributed by atoms with E-state index in [0.29, 0.717) is 31.4 Å². The summed E-state index contributed by atoms with van der Waals surface area (Å²) in [5.41, 5.74) is 1.82. The van der Waals surface area contributed by atoms with Crippen LogP contribution in [0, 0.1) is 11.3 Å². The molecule has 25 heavy (non-hydrogen) atoms. The SMILES string of the molecule is CCOC(CN/C=C(/C#N)C(=O)Nc1ccc(C(C)C)cc1)OCC. The predicted octanol–water partition coefficient (Wildman–Crippen LogP) is 3.14. The van der Waals surface area contributed by atoms with Crippen molar-refractivity contribution in [3.8, 4) is 6.07 Å². The van der Waals surface area contributed by atoms with Gasteiger partial charge in [0.05, 0.1) is 6.54 Å². The molecule has 0 atom stereocenters. The highest BCUT2D eigenvalue weighted by atomic mass is 16.7. The van der Waals surface area contributed by atoms with E-state index < -0.39 is 12.2 Å². The summed E-state index contributed by atoms with van der Waals surface area (Å²) in [7, 11) is 0. The number of ether oxygens (including phenoxy) is 2. The lowest BCUT2D eigenvalue weighted by Crippen LogP contribution is -2.29. The third-order valence-electron chi connectivity index (χ3n) is 3.44. The van der Waals surface area contributed by atoms with Crippen LogP contribution in [0.1, 0.15) is 39.2 Å². The molecule has 1 aromatic rings. The van der Waals surface area contributed by atoms with Crippen molar-refractivity contribution in [1.29, 1.82) is 5.26 Å². The summed E-state index contributed by atoms with van der Waals surface area (Å²) in [6.07, 6.45) is 0.959. The summed E-state index contributed by atoms with van der Waals surface area (Å²) in [6, 6.07) is 9.48. The summed E-state index contributed by atoms with van der Waals surface area (Å²) < 4.78 is 10.8. The Morgan fingerprint density at radius 2 is 1.80 bits per heavy atom. The maximum absolute atomic E-state index is 12.2. The fourth-order valence-corrected chi connectivity index (χ4v) is 2.09. The first-order chi connectivity index (χ1) is 12.0. The van der Waals surface area contributed by atoms with Crippen LogP contribution in [-0.4, -0.2) is 32.0 Å². The lowest BCUT2D eigenvalue weighted by Gasteiger charge is -2.16. The highest BCUT2D eigenvalue weighted by molar-refractivity contribution is 6.06. The molecular formula is C19H27N3O3. The maximum Gasteiger partial charge on any atom is 0.267 e. The molecule has 0 heterocycles. The second-order valence-electron chi connectivity index (χ2n) is 5.65. The Morgan fingerprint density at radius 1 is 1.20 bits per heavy atom. The van der Waals surface area contributed by atoms with E-state index in [4.69, 9.17) is 9.47 Å². The minimum absolute atomic E-state index is 0.0142. The van der Waals surface area contributed by atoms with Gasteiger partial charge in [0.15, 0.2) is 6.29 Å². The summed E-state index contributed by atoms with van der Waals surface area (Å²) >= 11 is 0. The summed E-state index contributed by atoms with van der Waals surface area (Å²) in [6.45, 7) is 9.35. The third-order valence-corrected chi connectivity index (χ3v) is 3.44. The van der Waals surface area contributed by atoms with Crippen LogP contribution in [0.15, 0.2) is 36.0 Å². The predicted molar refractivity (Wildman–Crippen MR) is 97.9 cm³/mol. The molecule has 136 valence electrons. The van der Waals surface area contributed by atoms with Crippen molar-refractivity contribution in [3.63, 3.8) is 0 Å². The number of nitrogens with one attached hydrogen (secondary N) is 2. The van der Waals surface area contributed by atoms with E-state index in [9.17, 15) is 10.1 Å². The van der Waals surface area contributed by atoms with E-state index in [0.717, 1.165) is 0 Å². The largest absolute Gasteiger partial charge is 0.385 e. The average Bonchev–Trinajstić information content (AvgIpc) is 2.59. The Bertz CT molecular complexity index is 597. The van der Waals surface area contributed by atoms with Crippen molar-refractivity contribution in [2.24, 2.45) is 0 Å². The average molecular weight is 345 g/mol. The minimum atomic E-state index is -0.461. The molecule has 0 aliphatic carbocycles. The number of hydrogen-bond donors (Lipinski definition) is 2. The highest BCUT2D eigenvalue weighted by Crippen LogP contribution is 2.17. The molecule has 1 amide bonds. The van der Waals surface area contributed by atoms with Gasteiger partial charge in [-0.15, -0.1) is 0 Å². The van der Waals surface area contributed by atoms with Crippen molar-refractivity contribution in [1.82, 2.24) is 5.32 Å². The lowest BCUT2D eigenvalue weighted by atomic mass is 10.0. The van der Waals surface area contributed by atoms with Crippen LogP contribution < -0.4 is 10.6 Å². The van der Waals surface area contributed by atoms with Crippen molar-refractivity contribution in [2.75, 3.05) is 25.1 Å². The van der Waals surface area contributed by atoms with Gasteiger partial charge in [-0.3, -0.25) is 4.79 Å². The quantitative estimate of drug-likeness (QED) is 0.387. The van der Waals surface area contributed by atoms with Gasteiger partial charge in [-0.1, -0.05) is 26.0 Å². The fraction of sp³-hybridized carbons (Fsp3) is 0.474. The van der Waals surface area contributed by atoms with E-state index in [2.05, 4.69) is 24.5 Å². The molecule has 2 N–H and O–H groups in total. The van der Waals surface area contributed by atoms with Crippen LogP contribution in [0.2, 0.25) is 0 Å². The van der Waals surface area contributed by atoms with Gasteiger partial charge in [-0.05, 0) is 37.5 Å². The summed E-state index contributed by atoms with van der Waals surface area (Å²) in [4.78, 5) is 12.2. The van der Waals surface area contributed by atoms with Crippen LogP contribution in [-0.2, 0) is 14.3 Å². The van der Waals surface area contributed by atoms with Crippen molar-refractivity contribution in [2.45, 2.75) is 39.9 Å². The van der Waals surface area contributed by atoms with E-state index in [1.807, 2.05) is 44.2 Å². The number of carbonyl (C=O) groups is 1. The number of benzene rings is 1. The molecule has 0 saturated carbocycles. The molecule has 0 fully saturated rings. The molecule has 0 radical (unpaired) electrons. The Labute approximate surface area is 149 Å². The Hall–Kier alpha value is -2.36. The molecule has 1 rings (SSSR count). The Balaban J connectivity index is 2.62.